The third-order valence-electron chi connectivity index (χ3n) is 6.50. The van der Waals surface area contributed by atoms with Crippen molar-refractivity contribution in [1.29, 1.82) is 0 Å². The fourth-order valence-electron chi connectivity index (χ4n) is 4.43. The second kappa shape index (κ2) is 9.84. The molecule has 0 bridgehead atoms. The molecule has 0 N–H and O–H groups in total. The van der Waals surface area contributed by atoms with E-state index in [1.807, 2.05) is 4.90 Å². The average molecular weight is 488 g/mol. The van der Waals surface area contributed by atoms with Gasteiger partial charge in [0.05, 0.1) is 10.8 Å². The molecule has 2 fully saturated rings. The number of anilines is 1. The molecule has 7 nitrogen and oxygen atoms in total. The van der Waals surface area contributed by atoms with Crippen LogP contribution in [0.25, 0.3) is 0 Å². The number of carbonyl (C=O) groups excluding carboxylic acids is 2. The van der Waals surface area contributed by atoms with Crippen LogP contribution in [-0.2, 0) is 26.2 Å². The highest BCUT2D eigenvalue weighted by atomic mass is 32.2. The van der Waals surface area contributed by atoms with Gasteiger partial charge in [0, 0.05) is 44.3 Å². The van der Waals surface area contributed by atoms with Crippen LogP contribution in [0.15, 0.2) is 53.4 Å². The van der Waals surface area contributed by atoms with E-state index < -0.39 is 15.9 Å². The van der Waals surface area contributed by atoms with Crippen molar-refractivity contribution < 1.29 is 22.4 Å². The highest BCUT2D eigenvalue weighted by Gasteiger charge is 2.41. The van der Waals surface area contributed by atoms with E-state index >= 15 is 0 Å². The van der Waals surface area contributed by atoms with Crippen molar-refractivity contribution in [3.05, 3.63) is 59.9 Å². The van der Waals surface area contributed by atoms with E-state index in [9.17, 15) is 22.4 Å². The molecule has 9 heteroatoms. The van der Waals surface area contributed by atoms with Gasteiger partial charge in [-0.15, -0.1) is 0 Å². The van der Waals surface area contributed by atoms with E-state index in [0.717, 1.165) is 18.4 Å². The number of sulfonamides is 1. The van der Waals surface area contributed by atoms with Gasteiger partial charge in [0.15, 0.2) is 0 Å². The van der Waals surface area contributed by atoms with Crippen LogP contribution in [0.2, 0.25) is 0 Å². The zero-order chi connectivity index (χ0) is 24.5. The molecule has 182 valence electrons. The second-order valence-corrected chi connectivity index (χ2v) is 10.8. The lowest BCUT2D eigenvalue weighted by molar-refractivity contribution is -0.137. The number of benzene rings is 2. The lowest BCUT2D eigenvalue weighted by Gasteiger charge is -2.26. The molecule has 1 aliphatic carbocycles. The molecular weight excluding hydrogens is 457 g/mol. The van der Waals surface area contributed by atoms with Gasteiger partial charge in [-0.3, -0.25) is 9.59 Å². The number of halogens is 1. The van der Waals surface area contributed by atoms with Gasteiger partial charge < -0.3 is 9.80 Å². The van der Waals surface area contributed by atoms with Crippen LogP contribution in [0.3, 0.4) is 0 Å². The largest absolute Gasteiger partial charge is 0.335 e. The quantitative estimate of drug-likeness (QED) is 0.543. The van der Waals surface area contributed by atoms with Gasteiger partial charge in [0.1, 0.15) is 5.82 Å². The van der Waals surface area contributed by atoms with Gasteiger partial charge in [0.2, 0.25) is 21.8 Å². The molecule has 2 aromatic carbocycles. The smallest absolute Gasteiger partial charge is 0.243 e. The van der Waals surface area contributed by atoms with E-state index in [0.29, 0.717) is 25.3 Å². The summed E-state index contributed by atoms with van der Waals surface area (Å²) in [5, 5.41) is 0. The fraction of sp³-hybridized carbons (Fsp3) is 0.440. The second-order valence-electron chi connectivity index (χ2n) is 8.81. The zero-order valence-corrected chi connectivity index (χ0v) is 20.3. The summed E-state index contributed by atoms with van der Waals surface area (Å²) in [5.41, 5.74) is 1.43. The van der Waals surface area contributed by atoms with E-state index in [-0.39, 0.29) is 41.5 Å². The topological polar surface area (TPSA) is 78.0 Å². The molecule has 2 amide bonds. The Morgan fingerprint density at radius 1 is 1.03 bits per heavy atom. The number of nitrogens with zero attached hydrogens (tertiary/aromatic N) is 3. The van der Waals surface area contributed by atoms with Gasteiger partial charge in [-0.25, -0.2) is 12.8 Å². The Hall–Kier alpha value is -2.78. The van der Waals surface area contributed by atoms with Gasteiger partial charge >= 0.3 is 0 Å². The molecule has 2 aliphatic rings. The maximum atomic E-state index is 13.3. The monoisotopic (exact) mass is 487 g/mol. The first-order chi connectivity index (χ1) is 16.2. The fourth-order valence-corrected chi connectivity index (χ4v) is 5.89. The highest BCUT2D eigenvalue weighted by molar-refractivity contribution is 7.89. The number of hydrogen-bond acceptors (Lipinski definition) is 4. The maximum absolute atomic E-state index is 13.3. The molecule has 1 saturated carbocycles. The van der Waals surface area contributed by atoms with Crippen molar-refractivity contribution in [2.24, 2.45) is 5.92 Å². The van der Waals surface area contributed by atoms with Crippen LogP contribution in [0.5, 0.6) is 0 Å². The third kappa shape index (κ3) is 5.00. The number of hydrogen-bond donors (Lipinski definition) is 0. The number of rotatable bonds is 9. The van der Waals surface area contributed by atoms with E-state index in [1.54, 1.807) is 43.0 Å². The molecule has 2 aromatic rings. The van der Waals surface area contributed by atoms with Crippen LogP contribution in [0.4, 0.5) is 10.1 Å². The minimum absolute atomic E-state index is 0.0663. The molecule has 34 heavy (non-hydrogen) atoms. The molecule has 1 saturated heterocycles. The zero-order valence-electron chi connectivity index (χ0n) is 19.5. The highest BCUT2D eigenvalue weighted by Crippen LogP contribution is 2.33. The summed E-state index contributed by atoms with van der Waals surface area (Å²) in [6, 6.07) is 12.6. The summed E-state index contributed by atoms with van der Waals surface area (Å²) in [4.78, 5) is 29.6. The van der Waals surface area contributed by atoms with Gasteiger partial charge in [-0.1, -0.05) is 26.0 Å². The standard InChI is InChI=1S/C25H30FN3O4S/c1-3-27(4-2)34(32,33)23-13-11-21(12-14-23)28-17-19(15-24(28)30)25(31)29(22-9-10-22)16-18-5-7-20(26)8-6-18/h5-8,11-14,19,22H,3-4,9-10,15-17H2,1-2H3/t19-/m0/s1. The summed E-state index contributed by atoms with van der Waals surface area (Å²) < 4.78 is 40.1. The molecule has 0 radical (unpaired) electrons. The van der Waals surface area contributed by atoms with E-state index in [4.69, 9.17) is 0 Å². The third-order valence-corrected chi connectivity index (χ3v) is 8.57. The van der Waals surface area contributed by atoms with Crippen LogP contribution >= 0.6 is 0 Å². The molecule has 0 unspecified atom stereocenters. The molecule has 1 heterocycles. The Labute approximate surface area is 200 Å². The van der Waals surface area contributed by atoms with Gasteiger partial charge in [-0.05, 0) is 54.8 Å². The minimum Gasteiger partial charge on any atom is -0.335 e. The summed E-state index contributed by atoms with van der Waals surface area (Å²) in [7, 11) is -3.58. The molecule has 1 atom stereocenters. The number of amides is 2. The van der Waals surface area contributed by atoms with Crippen molar-refractivity contribution in [3.63, 3.8) is 0 Å². The first kappa shape index (κ1) is 24.3. The molecule has 0 spiro atoms. The Balaban J connectivity index is 1.47. The molecule has 0 aromatic heterocycles. The maximum Gasteiger partial charge on any atom is 0.243 e. The Kier molecular flexibility index (Phi) is 7.04. The Morgan fingerprint density at radius 2 is 1.65 bits per heavy atom. The lowest BCUT2D eigenvalue weighted by atomic mass is 10.1. The van der Waals surface area contributed by atoms with Crippen molar-refractivity contribution in [3.8, 4) is 0 Å². The summed E-state index contributed by atoms with van der Waals surface area (Å²) in [5.74, 6) is -1.01. The van der Waals surface area contributed by atoms with Crippen molar-refractivity contribution in [1.82, 2.24) is 9.21 Å². The summed E-state index contributed by atoms with van der Waals surface area (Å²) >= 11 is 0. The van der Waals surface area contributed by atoms with E-state index in [2.05, 4.69) is 0 Å². The van der Waals surface area contributed by atoms with Crippen LogP contribution in [-0.4, -0.2) is 55.1 Å². The predicted molar refractivity (Wildman–Crippen MR) is 127 cm³/mol. The Bertz CT molecular complexity index is 1140. The van der Waals surface area contributed by atoms with Crippen LogP contribution < -0.4 is 4.90 Å². The van der Waals surface area contributed by atoms with Crippen molar-refractivity contribution in [2.75, 3.05) is 24.5 Å². The van der Waals surface area contributed by atoms with Crippen molar-refractivity contribution >= 4 is 27.5 Å². The summed E-state index contributed by atoms with van der Waals surface area (Å²) in [6.45, 7) is 4.99. The summed E-state index contributed by atoms with van der Waals surface area (Å²) in [6.07, 6.45) is 1.98. The molecular formula is C25H30FN3O4S. The minimum atomic E-state index is -3.58. The first-order valence-electron chi connectivity index (χ1n) is 11.7. The van der Waals surface area contributed by atoms with Crippen LogP contribution in [0.1, 0.15) is 38.7 Å². The van der Waals surface area contributed by atoms with Gasteiger partial charge in [-0.2, -0.15) is 4.31 Å². The molecule has 1 aliphatic heterocycles. The first-order valence-corrected chi connectivity index (χ1v) is 13.1. The van der Waals surface area contributed by atoms with Crippen molar-refractivity contribution in [2.45, 2.75) is 50.6 Å². The molecule has 4 rings (SSSR count). The lowest BCUT2D eigenvalue weighted by Crippen LogP contribution is -2.38. The van der Waals surface area contributed by atoms with E-state index in [1.165, 1.54) is 28.6 Å². The van der Waals surface area contributed by atoms with Gasteiger partial charge in [0.25, 0.3) is 0 Å². The average Bonchev–Trinajstić information content (AvgIpc) is 3.60. The predicted octanol–water partition coefficient (Wildman–Crippen LogP) is 3.40. The normalized spacial score (nSPS) is 18.5. The Morgan fingerprint density at radius 3 is 2.21 bits per heavy atom. The van der Waals surface area contributed by atoms with Crippen LogP contribution in [0, 0.1) is 11.7 Å². The SMILES string of the molecule is CCN(CC)S(=O)(=O)c1ccc(N2C[C@@H](C(=O)N(Cc3ccc(F)cc3)C3CC3)CC2=O)cc1. The number of carbonyl (C=O) groups is 2.